The lowest BCUT2D eigenvalue weighted by Crippen LogP contribution is -2.58. The van der Waals surface area contributed by atoms with Crippen LogP contribution in [0.5, 0.6) is 0 Å². The smallest absolute Gasteiger partial charge is 0.122 e. The first-order valence-electron chi connectivity index (χ1n) is 7.22. The minimum atomic E-state index is 0.186. The van der Waals surface area contributed by atoms with Gasteiger partial charge in [0.15, 0.2) is 0 Å². The molecule has 1 fully saturated rings. The van der Waals surface area contributed by atoms with Crippen LogP contribution in [0.15, 0.2) is 16.5 Å². The van der Waals surface area contributed by atoms with E-state index in [4.69, 9.17) is 10.2 Å². The van der Waals surface area contributed by atoms with Crippen LogP contribution in [0, 0.1) is 0 Å². The second-order valence-electron chi connectivity index (χ2n) is 6.11. The lowest BCUT2D eigenvalue weighted by atomic mass is 9.98. The van der Waals surface area contributed by atoms with Crippen LogP contribution in [0.2, 0.25) is 0 Å². The van der Waals surface area contributed by atoms with Crippen molar-refractivity contribution in [2.24, 2.45) is 5.73 Å². The maximum absolute atomic E-state index is 5.99. The van der Waals surface area contributed by atoms with Gasteiger partial charge >= 0.3 is 0 Å². The van der Waals surface area contributed by atoms with Gasteiger partial charge in [-0.25, -0.2) is 0 Å². The highest BCUT2D eigenvalue weighted by Gasteiger charge is 2.35. The summed E-state index contributed by atoms with van der Waals surface area (Å²) < 4.78 is 5.90. The Morgan fingerprint density at radius 2 is 2.11 bits per heavy atom. The molecule has 2 rings (SSSR count). The van der Waals surface area contributed by atoms with Crippen molar-refractivity contribution < 1.29 is 4.42 Å². The van der Waals surface area contributed by atoms with Gasteiger partial charge in [-0.15, -0.1) is 0 Å². The molecule has 2 heterocycles. The van der Waals surface area contributed by atoms with Gasteiger partial charge in [-0.2, -0.15) is 0 Å². The van der Waals surface area contributed by atoms with Gasteiger partial charge in [0.1, 0.15) is 11.5 Å². The van der Waals surface area contributed by atoms with Crippen molar-refractivity contribution in [1.29, 1.82) is 0 Å². The van der Waals surface area contributed by atoms with Gasteiger partial charge in [-0.3, -0.25) is 9.80 Å². The fraction of sp³-hybridized carbons (Fsp3) is 0.733. The van der Waals surface area contributed by atoms with Crippen LogP contribution >= 0.6 is 0 Å². The maximum atomic E-state index is 5.99. The third-order valence-corrected chi connectivity index (χ3v) is 4.37. The number of likely N-dealkylation sites (N-methyl/N-ethyl adjacent to an activating group) is 1. The Kier molecular flexibility index (Phi) is 4.33. The third kappa shape index (κ3) is 3.02. The number of piperazine rings is 1. The predicted octanol–water partition coefficient (Wildman–Crippen LogP) is 1.87. The number of nitrogens with zero attached hydrogens (tertiary/aromatic N) is 2. The van der Waals surface area contributed by atoms with Gasteiger partial charge in [-0.05, 0) is 33.0 Å². The molecule has 1 unspecified atom stereocenters. The number of hydrogen-bond donors (Lipinski definition) is 1. The van der Waals surface area contributed by atoms with Crippen molar-refractivity contribution in [2.45, 2.75) is 38.8 Å². The van der Waals surface area contributed by atoms with Crippen LogP contribution in [0.1, 0.15) is 38.3 Å². The average molecular weight is 265 g/mol. The van der Waals surface area contributed by atoms with E-state index in [0.29, 0.717) is 6.54 Å². The molecule has 1 aromatic rings. The van der Waals surface area contributed by atoms with Crippen molar-refractivity contribution in [3.8, 4) is 0 Å². The summed E-state index contributed by atoms with van der Waals surface area (Å²) in [5.41, 5.74) is 6.18. The summed E-state index contributed by atoms with van der Waals surface area (Å²) in [6.45, 7) is 10.4. The predicted molar refractivity (Wildman–Crippen MR) is 78.2 cm³/mol. The lowest BCUT2D eigenvalue weighted by molar-refractivity contribution is 0.0131. The Balaban J connectivity index is 2.14. The van der Waals surface area contributed by atoms with Crippen molar-refractivity contribution in [1.82, 2.24) is 9.80 Å². The van der Waals surface area contributed by atoms with Crippen molar-refractivity contribution in [2.75, 3.05) is 33.2 Å². The zero-order valence-electron chi connectivity index (χ0n) is 12.6. The quantitative estimate of drug-likeness (QED) is 0.902. The molecule has 1 aromatic heterocycles. The molecular weight excluding hydrogens is 238 g/mol. The van der Waals surface area contributed by atoms with Crippen molar-refractivity contribution >= 4 is 0 Å². The highest BCUT2D eigenvalue weighted by atomic mass is 16.3. The van der Waals surface area contributed by atoms with E-state index >= 15 is 0 Å². The molecule has 1 atom stereocenters. The zero-order valence-corrected chi connectivity index (χ0v) is 12.6. The zero-order chi connectivity index (χ0) is 14.0. The maximum Gasteiger partial charge on any atom is 0.122 e. The van der Waals surface area contributed by atoms with Crippen LogP contribution in [0.25, 0.3) is 0 Å². The largest absolute Gasteiger partial charge is 0.464 e. The van der Waals surface area contributed by atoms with Gasteiger partial charge in [0.2, 0.25) is 0 Å². The number of hydrogen-bond acceptors (Lipinski definition) is 4. The highest BCUT2D eigenvalue weighted by molar-refractivity contribution is 5.12. The topological polar surface area (TPSA) is 45.6 Å². The Hall–Kier alpha value is -0.840. The van der Waals surface area contributed by atoms with Gasteiger partial charge < -0.3 is 10.2 Å². The number of furan rings is 1. The van der Waals surface area contributed by atoms with E-state index in [9.17, 15) is 0 Å². The molecule has 0 amide bonds. The molecule has 0 spiro atoms. The summed E-state index contributed by atoms with van der Waals surface area (Å²) in [6.07, 6.45) is 0.936. The first kappa shape index (κ1) is 14.6. The first-order valence-corrected chi connectivity index (χ1v) is 7.22. The molecule has 1 saturated heterocycles. The van der Waals surface area contributed by atoms with Crippen LogP contribution < -0.4 is 5.73 Å². The third-order valence-electron chi connectivity index (χ3n) is 4.37. The summed E-state index contributed by atoms with van der Waals surface area (Å²) in [5.74, 6) is 2.06. The van der Waals surface area contributed by atoms with Gasteiger partial charge in [0.05, 0.1) is 6.04 Å². The van der Waals surface area contributed by atoms with Crippen LogP contribution in [0.4, 0.5) is 0 Å². The van der Waals surface area contributed by atoms with E-state index in [1.165, 1.54) is 0 Å². The van der Waals surface area contributed by atoms with Crippen molar-refractivity contribution in [3.63, 3.8) is 0 Å². The summed E-state index contributed by atoms with van der Waals surface area (Å²) >= 11 is 0. The number of aryl methyl sites for hydroxylation is 1. The second-order valence-corrected chi connectivity index (χ2v) is 6.11. The Bertz CT molecular complexity index is 413. The van der Waals surface area contributed by atoms with E-state index in [0.717, 1.165) is 37.6 Å². The molecule has 0 aliphatic carbocycles. The summed E-state index contributed by atoms with van der Waals surface area (Å²) in [6, 6.07) is 4.36. The molecule has 0 saturated carbocycles. The van der Waals surface area contributed by atoms with Crippen molar-refractivity contribution in [3.05, 3.63) is 23.7 Å². The van der Waals surface area contributed by atoms with E-state index in [1.807, 2.05) is 0 Å². The van der Waals surface area contributed by atoms with E-state index < -0.39 is 0 Å². The van der Waals surface area contributed by atoms with E-state index in [-0.39, 0.29) is 11.6 Å². The molecule has 0 aromatic carbocycles. The Morgan fingerprint density at radius 3 is 2.63 bits per heavy atom. The fourth-order valence-corrected chi connectivity index (χ4v) is 2.75. The molecule has 1 aliphatic heterocycles. The molecule has 1 aliphatic rings. The van der Waals surface area contributed by atoms with Crippen LogP contribution in [0.3, 0.4) is 0 Å². The van der Waals surface area contributed by atoms with Gasteiger partial charge in [0, 0.05) is 38.1 Å². The van der Waals surface area contributed by atoms with E-state index in [2.05, 4.69) is 49.8 Å². The molecule has 0 radical (unpaired) electrons. The van der Waals surface area contributed by atoms with Crippen LogP contribution in [-0.4, -0.2) is 48.6 Å². The molecule has 19 heavy (non-hydrogen) atoms. The number of nitrogens with two attached hydrogens (primary N) is 1. The SMILES string of the molecule is CCc1ccc(C(CN)N2CCN(C)C(C)(C)C2)o1. The molecular formula is C15H27N3O. The molecule has 4 heteroatoms. The Labute approximate surface area is 116 Å². The van der Waals surface area contributed by atoms with Gasteiger partial charge in [-0.1, -0.05) is 6.92 Å². The second kappa shape index (κ2) is 5.65. The minimum Gasteiger partial charge on any atom is -0.464 e. The molecule has 0 bridgehead atoms. The molecule has 108 valence electrons. The highest BCUT2D eigenvalue weighted by Crippen LogP contribution is 2.28. The normalized spacial score (nSPS) is 22.6. The average Bonchev–Trinajstić information content (AvgIpc) is 2.83. The van der Waals surface area contributed by atoms with Crippen LogP contribution in [-0.2, 0) is 6.42 Å². The summed E-state index contributed by atoms with van der Waals surface area (Å²) in [5, 5.41) is 0. The van der Waals surface area contributed by atoms with Gasteiger partial charge in [0.25, 0.3) is 0 Å². The molecule has 4 nitrogen and oxygen atoms in total. The first-order chi connectivity index (χ1) is 8.97. The fourth-order valence-electron chi connectivity index (χ4n) is 2.75. The summed E-state index contributed by atoms with van der Waals surface area (Å²) in [4.78, 5) is 4.87. The minimum absolute atomic E-state index is 0.186. The Morgan fingerprint density at radius 1 is 1.37 bits per heavy atom. The van der Waals surface area contributed by atoms with E-state index in [1.54, 1.807) is 0 Å². The lowest BCUT2D eigenvalue weighted by Gasteiger charge is -2.47. The summed E-state index contributed by atoms with van der Waals surface area (Å²) in [7, 11) is 2.19. The molecule has 2 N–H and O–H groups in total. The monoisotopic (exact) mass is 265 g/mol. The number of rotatable bonds is 4. The standard InChI is InChI=1S/C15H27N3O/c1-5-12-6-7-14(19-12)13(10-16)18-9-8-17(4)15(2,3)11-18/h6-7,13H,5,8-11,16H2,1-4H3.